The maximum absolute atomic E-state index is 12.3. The zero-order valence-corrected chi connectivity index (χ0v) is 13.2. The fraction of sp³-hybridized carbons (Fsp3) is 1.00. The van der Waals surface area contributed by atoms with Crippen molar-refractivity contribution in [2.24, 2.45) is 5.41 Å². The van der Waals surface area contributed by atoms with Gasteiger partial charge in [-0.1, -0.05) is 20.8 Å². The Bertz CT molecular complexity index is 369. The van der Waals surface area contributed by atoms with Crippen molar-refractivity contribution in [3.05, 3.63) is 0 Å². The summed E-state index contributed by atoms with van der Waals surface area (Å²) in [5, 5.41) is 3.24. The zero-order valence-electron chi connectivity index (χ0n) is 12.4. The lowest BCUT2D eigenvalue weighted by molar-refractivity contribution is 0.226. The molecule has 108 valence electrons. The molecule has 0 saturated heterocycles. The summed E-state index contributed by atoms with van der Waals surface area (Å²) >= 11 is 0. The highest BCUT2D eigenvalue weighted by atomic mass is 32.2. The first-order chi connectivity index (χ1) is 8.10. The molecule has 5 nitrogen and oxygen atoms in total. The highest BCUT2D eigenvalue weighted by molar-refractivity contribution is 7.86. The van der Waals surface area contributed by atoms with Gasteiger partial charge >= 0.3 is 0 Å². The second-order valence-electron chi connectivity index (χ2n) is 6.30. The molecule has 1 aliphatic carbocycles. The lowest BCUT2D eigenvalue weighted by atomic mass is 9.87. The normalized spacial score (nSPS) is 19.6. The molecule has 1 atom stereocenters. The molecule has 0 aromatic carbocycles. The van der Waals surface area contributed by atoms with Gasteiger partial charge in [0.05, 0.1) is 0 Å². The van der Waals surface area contributed by atoms with E-state index in [0.29, 0.717) is 6.54 Å². The molecule has 1 saturated carbocycles. The van der Waals surface area contributed by atoms with Crippen LogP contribution in [0, 0.1) is 5.41 Å². The van der Waals surface area contributed by atoms with E-state index in [2.05, 4.69) is 26.1 Å². The fourth-order valence-corrected chi connectivity index (χ4v) is 3.33. The zero-order chi connectivity index (χ0) is 14.1. The van der Waals surface area contributed by atoms with E-state index in [1.165, 1.54) is 4.31 Å². The van der Waals surface area contributed by atoms with E-state index < -0.39 is 10.2 Å². The fourth-order valence-electron chi connectivity index (χ4n) is 1.98. The van der Waals surface area contributed by atoms with Crippen molar-refractivity contribution in [1.29, 1.82) is 0 Å². The molecular weight excluding hydrogens is 250 g/mol. The molecule has 1 aliphatic rings. The van der Waals surface area contributed by atoms with Crippen LogP contribution in [0.25, 0.3) is 0 Å². The third-order valence-electron chi connectivity index (χ3n) is 3.47. The van der Waals surface area contributed by atoms with Crippen LogP contribution in [-0.2, 0) is 10.2 Å². The van der Waals surface area contributed by atoms with Gasteiger partial charge in [0.25, 0.3) is 10.2 Å². The van der Waals surface area contributed by atoms with Gasteiger partial charge in [0.2, 0.25) is 0 Å². The summed E-state index contributed by atoms with van der Waals surface area (Å²) in [6, 6.07) is 0.337. The predicted molar refractivity (Wildman–Crippen MR) is 74.6 cm³/mol. The van der Waals surface area contributed by atoms with Crippen LogP contribution in [-0.4, -0.2) is 56.8 Å². The van der Waals surface area contributed by atoms with E-state index in [1.54, 1.807) is 18.4 Å². The Morgan fingerprint density at radius 2 is 1.78 bits per heavy atom. The molecule has 0 aliphatic heterocycles. The first-order valence-corrected chi connectivity index (χ1v) is 7.87. The molecule has 0 spiro atoms. The van der Waals surface area contributed by atoms with Crippen molar-refractivity contribution < 1.29 is 8.42 Å². The smallest absolute Gasteiger partial charge is 0.281 e. The third kappa shape index (κ3) is 3.66. The molecule has 0 aromatic rings. The second kappa shape index (κ2) is 5.45. The van der Waals surface area contributed by atoms with Crippen LogP contribution in [0.1, 0.15) is 33.6 Å². The quantitative estimate of drug-likeness (QED) is 0.784. The Kier molecular flexibility index (Phi) is 4.81. The number of hydrogen-bond donors (Lipinski definition) is 1. The lowest BCUT2D eigenvalue weighted by Crippen LogP contribution is -2.52. The molecule has 1 N–H and O–H groups in total. The molecule has 0 unspecified atom stereocenters. The first kappa shape index (κ1) is 15.9. The Morgan fingerprint density at radius 3 is 2.06 bits per heavy atom. The minimum absolute atomic E-state index is 0.0315. The lowest BCUT2D eigenvalue weighted by Gasteiger charge is -2.35. The van der Waals surface area contributed by atoms with Crippen LogP contribution in [0.5, 0.6) is 0 Å². The van der Waals surface area contributed by atoms with E-state index in [4.69, 9.17) is 0 Å². The standard InChI is InChI=1S/C12H27N3O2S/c1-12(2,3)11(13-4)9-15(10-7-8-10)18(16,17)14(5)6/h10-11,13H,7-9H2,1-6H3/t11-/m1/s1. The van der Waals surface area contributed by atoms with Gasteiger partial charge in [-0.2, -0.15) is 17.0 Å². The Balaban J connectivity index is 2.88. The van der Waals surface area contributed by atoms with Gasteiger partial charge in [0, 0.05) is 32.7 Å². The summed E-state index contributed by atoms with van der Waals surface area (Å²) in [4.78, 5) is 0. The predicted octanol–water partition coefficient (Wildman–Crippen LogP) is 0.891. The minimum Gasteiger partial charge on any atom is -0.315 e. The molecule has 0 amide bonds. The molecule has 0 radical (unpaired) electrons. The summed E-state index contributed by atoms with van der Waals surface area (Å²) in [5.41, 5.74) is 0.0315. The summed E-state index contributed by atoms with van der Waals surface area (Å²) in [6.07, 6.45) is 1.96. The van der Waals surface area contributed by atoms with Crippen LogP contribution in [0.3, 0.4) is 0 Å². The largest absolute Gasteiger partial charge is 0.315 e. The SMILES string of the molecule is CN[C@H](CN(C1CC1)S(=O)(=O)N(C)C)C(C)(C)C. The van der Waals surface area contributed by atoms with Crippen molar-refractivity contribution in [3.63, 3.8) is 0 Å². The van der Waals surface area contributed by atoms with E-state index in [-0.39, 0.29) is 17.5 Å². The highest BCUT2D eigenvalue weighted by Crippen LogP contribution is 2.32. The molecule has 1 fully saturated rings. The second-order valence-corrected chi connectivity index (χ2v) is 8.39. The summed E-state index contributed by atoms with van der Waals surface area (Å²) in [6.45, 7) is 6.91. The van der Waals surface area contributed by atoms with Gasteiger partial charge in [-0.25, -0.2) is 0 Å². The Labute approximate surface area is 112 Å². The van der Waals surface area contributed by atoms with Gasteiger partial charge in [-0.15, -0.1) is 0 Å². The maximum atomic E-state index is 12.3. The number of likely N-dealkylation sites (N-methyl/N-ethyl adjacent to an activating group) is 1. The van der Waals surface area contributed by atoms with Crippen LogP contribution >= 0.6 is 0 Å². The van der Waals surface area contributed by atoms with Gasteiger partial charge in [-0.05, 0) is 25.3 Å². The Hall–Kier alpha value is -0.170. The first-order valence-electron chi connectivity index (χ1n) is 6.47. The number of hydrogen-bond acceptors (Lipinski definition) is 3. The number of nitrogens with zero attached hydrogens (tertiary/aromatic N) is 2. The van der Waals surface area contributed by atoms with Crippen molar-refractivity contribution in [2.75, 3.05) is 27.7 Å². The highest BCUT2D eigenvalue weighted by Gasteiger charge is 2.41. The molecule has 1 rings (SSSR count). The van der Waals surface area contributed by atoms with Crippen LogP contribution in [0.2, 0.25) is 0 Å². The summed E-state index contributed by atoms with van der Waals surface area (Å²) in [5.74, 6) is 0. The molecule has 0 heterocycles. The van der Waals surface area contributed by atoms with Gasteiger partial charge in [0.15, 0.2) is 0 Å². The topological polar surface area (TPSA) is 52.7 Å². The van der Waals surface area contributed by atoms with Crippen molar-refractivity contribution >= 4 is 10.2 Å². The van der Waals surface area contributed by atoms with Gasteiger partial charge in [-0.3, -0.25) is 0 Å². The monoisotopic (exact) mass is 277 g/mol. The minimum atomic E-state index is -3.31. The van der Waals surface area contributed by atoms with Crippen LogP contribution < -0.4 is 5.32 Å². The molecular formula is C12H27N3O2S. The molecule has 18 heavy (non-hydrogen) atoms. The summed E-state index contributed by atoms with van der Waals surface area (Å²) in [7, 11) is 1.76. The van der Waals surface area contributed by atoms with E-state index in [0.717, 1.165) is 12.8 Å². The van der Waals surface area contributed by atoms with Crippen LogP contribution in [0.4, 0.5) is 0 Å². The molecule has 0 bridgehead atoms. The average molecular weight is 277 g/mol. The van der Waals surface area contributed by atoms with Crippen LogP contribution in [0.15, 0.2) is 0 Å². The third-order valence-corrected chi connectivity index (χ3v) is 5.43. The maximum Gasteiger partial charge on any atom is 0.281 e. The van der Waals surface area contributed by atoms with Gasteiger partial charge in [0.1, 0.15) is 0 Å². The van der Waals surface area contributed by atoms with Crippen molar-refractivity contribution in [3.8, 4) is 0 Å². The number of nitrogens with one attached hydrogen (secondary N) is 1. The Morgan fingerprint density at radius 1 is 1.28 bits per heavy atom. The number of rotatable bonds is 6. The van der Waals surface area contributed by atoms with E-state index in [1.807, 2.05) is 7.05 Å². The molecule has 0 aromatic heterocycles. The summed E-state index contributed by atoms with van der Waals surface area (Å²) < 4.78 is 27.6. The van der Waals surface area contributed by atoms with Gasteiger partial charge < -0.3 is 5.32 Å². The van der Waals surface area contributed by atoms with E-state index in [9.17, 15) is 8.42 Å². The average Bonchev–Trinajstić information content (AvgIpc) is 3.00. The van der Waals surface area contributed by atoms with E-state index >= 15 is 0 Å². The van der Waals surface area contributed by atoms with Crippen molar-refractivity contribution in [2.45, 2.75) is 45.7 Å². The van der Waals surface area contributed by atoms with Crippen molar-refractivity contribution in [1.82, 2.24) is 13.9 Å². The molecule has 6 heteroatoms.